The van der Waals surface area contributed by atoms with Gasteiger partial charge in [-0.05, 0) is 29.8 Å². The Labute approximate surface area is 180 Å². The SMILES string of the molecule is COc1ccccc1-c1nn(Cc2ccccc2)cc1/C=N\NC(=O)c1ccccc1. The molecule has 154 valence electrons. The number of nitrogens with zero attached hydrogens (tertiary/aromatic N) is 3. The van der Waals surface area contributed by atoms with Crippen LogP contribution in [0.25, 0.3) is 11.3 Å². The Morgan fingerprint density at radius 2 is 1.68 bits per heavy atom. The largest absolute Gasteiger partial charge is 0.496 e. The molecule has 4 rings (SSSR count). The zero-order valence-corrected chi connectivity index (χ0v) is 17.1. The fraction of sp³-hybridized carbons (Fsp3) is 0.0800. The van der Waals surface area contributed by atoms with E-state index in [9.17, 15) is 4.79 Å². The van der Waals surface area contributed by atoms with E-state index in [1.165, 1.54) is 0 Å². The molecule has 0 fully saturated rings. The van der Waals surface area contributed by atoms with Crippen molar-refractivity contribution >= 4 is 12.1 Å². The number of methoxy groups -OCH3 is 1. The monoisotopic (exact) mass is 410 g/mol. The summed E-state index contributed by atoms with van der Waals surface area (Å²) in [6, 6.07) is 26.8. The standard InChI is InChI=1S/C25H22N4O2/c1-31-23-15-9-8-14-22(23)24-21(16-26-27-25(30)20-12-6-3-7-13-20)18-29(28-24)17-19-10-4-2-5-11-19/h2-16,18H,17H2,1H3,(H,27,30)/b26-16-. The van der Waals surface area contributed by atoms with Crippen molar-refractivity contribution < 1.29 is 9.53 Å². The zero-order valence-electron chi connectivity index (χ0n) is 17.1. The van der Waals surface area contributed by atoms with Crippen LogP contribution >= 0.6 is 0 Å². The number of rotatable bonds is 7. The first-order valence-corrected chi connectivity index (χ1v) is 9.88. The minimum Gasteiger partial charge on any atom is -0.496 e. The van der Waals surface area contributed by atoms with Crippen LogP contribution in [0.1, 0.15) is 21.5 Å². The highest BCUT2D eigenvalue weighted by Gasteiger charge is 2.14. The number of hydrazone groups is 1. The Morgan fingerprint density at radius 3 is 2.42 bits per heavy atom. The topological polar surface area (TPSA) is 68.5 Å². The third kappa shape index (κ3) is 4.87. The summed E-state index contributed by atoms with van der Waals surface area (Å²) in [5.41, 5.74) is 6.61. The van der Waals surface area contributed by atoms with Gasteiger partial charge in [0.2, 0.25) is 0 Å². The molecular formula is C25H22N4O2. The highest BCUT2D eigenvalue weighted by molar-refractivity contribution is 5.95. The fourth-order valence-electron chi connectivity index (χ4n) is 3.25. The quantitative estimate of drug-likeness (QED) is 0.363. The van der Waals surface area contributed by atoms with Gasteiger partial charge in [-0.15, -0.1) is 0 Å². The van der Waals surface area contributed by atoms with Gasteiger partial charge in [0.25, 0.3) is 5.91 Å². The summed E-state index contributed by atoms with van der Waals surface area (Å²) in [5.74, 6) is 0.447. The third-order valence-electron chi connectivity index (χ3n) is 4.75. The molecule has 1 aromatic heterocycles. The summed E-state index contributed by atoms with van der Waals surface area (Å²) in [6.45, 7) is 0.618. The van der Waals surface area contributed by atoms with Crippen molar-refractivity contribution in [3.8, 4) is 17.0 Å². The predicted octanol–water partition coefficient (Wildman–Crippen LogP) is 4.37. The molecule has 1 amide bonds. The van der Waals surface area contributed by atoms with Crippen molar-refractivity contribution in [2.45, 2.75) is 6.54 Å². The van der Waals surface area contributed by atoms with Crippen LogP contribution in [0.5, 0.6) is 5.75 Å². The van der Waals surface area contributed by atoms with Gasteiger partial charge in [-0.1, -0.05) is 60.7 Å². The van der Waals surface area contributed by atoms with Crippen LogP contribution in [0.3, 0.4) is 0 Å². The van der Waals surface area contributed by atoms with Gasteiger partial charge in [-0.3, -0.25) is 9.48 Å². The van der Waals surface area contributed by atoms with Crippen LogP contribution < -0.4 is 10.2 Å². The molecule has 0 aliphatic heterocycles. The van der Waals surface area contributed by atoms with Crippen molar-refractivity contribution in [3.05, 3.63) is 108 Å². The highest BCUT2D eigenvalue weighted by Crippen LogP contribution is 2.30. The highest BCUT2D eigenvalue weighted by atomic mass is 16.5. The van der Waals surface area contributed by atoms with Crippen LogP contribution in [0.2, 0.25) is 0 Å². The normalized spacial score (nSPS) is 10.9. The first-order chi connectivity index (χ1) is 15.2. The van der Waals surface area contributed by atoms with E-state index in [4.69, 9.17) is 9.84 Å². The molecule has 0 spiro atoms. The van der Waals surface area contributed by atoms with E-state index >= 15 is 0 Å². The van der Waals surface area contributed by atoms with Crippen molar-refractivity contribution in [1.29, 1.82) is 0 Å². The summed E-state index contributed by atoms with van der Waals surface area (Å²) in [5, 5.41) is 8.93. The van der Waals surface area contributed by atoms with E-state index in [-0.39, 0.29) is 5.91 Å². The number of aromatic nitrogens is 2. The summed E-state index contributed by atoms with van der Waals surface area (Å²) in [4.78, 5) is 12.3. The molecule has 4 aromatic rings. The molecule has 0 bridgehead atoms. The average molecular weight is 410 g/mol. The molecule has 1 N–H and O–H groups in total. The van der Waals surface area contributed by atoms with Crippen molar-refractivity contribution in [2.24, 2.45) is 5.10 Å². The molecule has 0 saturated heterocycles. The minimum absolute atomic E-state index is 0.271. The maximum atomic E-state index is 12.3. The fourth-order valence-corrected chi connectivity index (χ4v) is 3.25. The maximum absolute atomic E-state index is 12.3. The predicted molar refractivity (Wildman–Crippen MR) is 121 cm³/mol. The molecule has 0 atom stereocenters. The van der Waals surface area contributed by atoms with Crippen LogP contribution in [0.15, 0.2) is 96.2 Å². The number of ether oxygens (including phenoxy) is 1. The van der Waals surface area contributed by atoms with E-state index in [0.717, 1.165) is 28.1 Å². The second-order valence-corrected chi connectivity index (χ2v) is 6.88. The Kier molecular flexibility index (Phi) is 6.18. The lowest BCUT2D eigenvalue weighted by Crippen LogP contribution is -2.17. The third-order valence-corrected chi connectivity index (χ3v) is 4.75. The number of nitrogens with one attached hydrogen (secondary N) is 1. The van der Waals surface area contributed by atoms with Gasteiger partial charge in [0.1, 0.15) is 11.4 Å². The molecule has 31 heavy (non-hydrogen) atoms. The summed E-state index contributed by atoms with van der Waals surface area (Å²) >= 11 is 0. The molecule has 0 unspecified atom stereocenters. The lowest BCUT2D eigenvalue weighted by Gasteiger charge is -2.06. The number of hydrogen-bond donors (Lipinski definition) is 1. The molecule has 0 saturated carbocycles. The van der Waals surface area contributed by atoms with Gasteiger partial charge in [0.15, 0.2) is 0 Å². The zero-order chi connectivity index (χ0) is 21.5. The van der Waals surface area contributed by atoms with Crippen molar-refractivity contribution in [2.75, 3.05) is 7.11 Å². The first kappa shape index (κ1) is 20.1. The Morgan fingerprint density at radius 1 is 1.00 bits per heavy atom. The Hall–Kier alpha value is -4.19. The Balaban J connectivity index is 1.63. The van der Waals surface area contributed by atoms with Crippen molar-refractivity contribution in [1.82, 2.24) is 15.2 Å². The second-order valence-electron chi connectivity index (χ2n) is 6.88. The van der Waals surface area contributed by atoms with Gasteiger partial charge in [0.05, 0.1) is 19.9 Å². The molecule has 1 heterocycles. The molecule has 3 aromatic carbocycles. The van der Waals surface area contributed by atoms with Crippen molar-refractivity contribution in [3.63, 3.8) is 0 Å². The van der Waals surface area contributed by atoms with E-state index in [1.807, 2.05) is 71.5 Å². The molecule has 6 nitrogen and oxygen atoms in total. The maximum Gasteiger partial charge on any atom is 0.271 e. The summed E-state index contributed by atoms with van der Waals surface area (Å²) in [6.07, 6.45) is 3.52. The average Bonchev–Trinajstić information content (AvgIpc) is 3.22. The van der Waals surface area contributed by atoms with Crippen LogP contribution in [0.4, 0.5) is 0 Å². The minimum atomic E-state index is -0.271. The first-order valence-electron chi connectivity index (χ1n) is 9.88. The molecule has 0 aliphatic carbocycles. The van der Waals surface area contributed by atoms with Crippen LogP contribution in [-0.4, -0.2) is 29.0 Å². The molecule has 6 heteroatoms. The smallest absolute Gasteiger partial charge is 0.271 e. The molecular weight excluding hydrogens is 388 g/mol. The van der Waals surface area contributed by atoms with E-state index in [1.54, 1.807) is 25.5 Å². The van der Waals surface area contributed by atoms with E-state index in [2.05, 4.69) is 22.7 Å². The van der Waals surface area contributed by atoms with Crippen LogP contribution in [0, 0.1) is 0 Å². The van der Waals surface area contributed by atoms with Crippen LogP contribution in [-0.2, 0) is 6.54 Å². The van der Waals surface area contributed by atoms with E-state index < -0.39 is 0 Å². The Bertz CT molecular complexity index is 1180. The van der Waals surface area contributed by atoms with Gasteiger partial charge in [-0.2, -0.15) is 10.2 Å². The van der Waals surface area contributed by atoms with E-state index in [0.29, 0.717) is 12.1 Å². The van der Waals surface area contributed by atoms with Gasteiger partial charge < -0.3 is 4.74 Å². The summed E-state index contributed by atoms with van der Waals surface area (Å²) in [7, 11) is 1.63. The number of hydrogen-bond acceptors (Lipinski definition) is 4. The summed E-state index contributed by atoms with van der Waals surface area (Å²) < 4.78 is 7.38. The van der Waals surface area contributed by atoms with Gasteiger partial charge in [-0.25, -0.2) is 5.43 Å². The number of carbonyl (C=O) groups is 1. The lowest BCUT2D eigenvalue weighted by molar-refractivity contribution is 0.0955. The van der Waals surface area contributed by atoms with Gasteiger partial charge >= 0.3 is 0 Å². The lowest BCUT2D eigenvalue weighted by atomic mass is 10.1. The number of para-hydroxylation sites is 1. The molecule has 0 aliphatic rings. The number of amides is 1. The second kappa shape index (κ2) is 9.54. The molecule has 0 radical (unpaired) electrons. The number of benzene rings is 3. The van der Waals surface area contributed by atoms with Gasteiger partial charge in [0, 0.05) is 22.9 Å². The number of carbonyl (C=O) groups excluding carboxylic acids is 1.